The summed E-state index contributed by atoms with van der Waals surface area (Å²) in [7, 11) is 1.47. The van der Waals surface area contributed by atoms with Crippen LogP contribution in [-0.2, 0) is 6.42 Å². The topological polar surface area (TPSA) is 26.3 Å². The van der Waals surface area contributed by atoms with Crippen molar-refractivity contribution in [2.75, 3.05) is 7.11 Å². The summed E-state index contributed by atoms with van der Waals surface area (Å²) in [4.78, 5) is 12.3. The van der Waals surface area contributed by atoms with Crippen molar-refractivity contribution in [2.45, 2.75) is 6.42 Å². The third kappa shape index (κ3) is 3.38. The van der Waals surface area contributed by atoms with Crippen LogP contribution in [0.4, 0.5) is 4.39 Å². The molecular formula is C15H11BrClFO2. The maximum atomic E-state index is 13.7. The number of ketones is 1. The van der Waals surface area contributed by atoms with E-state index in [-0.39, 0.29) is 12.2 Å². The maximum Gasteiger partial charge on any atom is 0.171 e. The van der Waals surface area contributed by atoms with E-state index in [0.29, 0.717) is 21.9 Å². The van der Waals surface area contributed by atoms with Crippen LogP contribution < -0.4 is 4.74 Å². The maximum absolute atomic E-state index is 13.7. The number of carbonyl (C=O) groups excluding carboxylic acids is 1. The molecule has 20 heavy (non-hydrogen) atoms. The zero-order valence-electron chi connectivity index (χ0n) is 10.6. The SMILES string of the molecule is COc1ccc(Cl)cc1C(=O)Cc1cc(Br)ccc1F. The third-order valence-electron chi connectivity index (χ3n) is 2.82. The molecule has 2 aromatic carbocycles. The van der Waals surface area contributed by atoms with Crippen LogP contribution in [0.3, 0.4) is 0 Å². The smallest absolute Gasteiger partial charge is 0.171 e. The van der Waals surface area contributed by atoms with Crippen LogP contribution in [0, 0.1) is 5.82 Å². The van der Waals surface area contributed by atoms with Crippen molar-refractivity contribution in [1.82, 2.24) is 0 Å². The van der Waals surface area contributed by atoms with E-state index in [0.717, 1.165) is 4.47 Å². The van der Waals surface area contributed by atoms with Gasteiger partial charge in [-0.05, 0) is 42.0 Å². The molecule has 0 aliphatic rings. The summed E-state index contributed by atoms with van der Waals surface area (Å²) in [5, 5.41) is 0.434. The van der Waals surface area contributed by atoms with Gasteiger partial charge in [0.05, 0.1) is 12.7 Å². The number of ether oxygens (including phenoxy) is 1. The molecule has 0 bridgehead atoms. The molecular weight excluding hydrogens is 347 g/mol. The minimum Gasteiger partial charge on any atom is -0.496 e. The Kier molecular flexibility index (Phi) is 4.78. The second-order valence-electron chi connectivity index (χ2n) is 4.18. The van der Waals surface area contributed by atoms with Crippen molar-refractivity contribution in [3.8, 4) is 5.75 Å². The van der Waals surface area contributed by atoms with Crippen LogP contribution in [0.5, 0.6) is 5.75 Å². The Labute approximate surface area is 129 Å². The lowest BCUT2D eigenvalue weighted by Gasteiger charge is -2.09. The van der Waals surface area contributed by atoms with Crippen molar-refractivity contribution < 1.29 is 13.9 Å². The van der Waals surface area contributed by atoms with Gasteiger partial charge in [-0.15, -0.1) is 0 Å². The molecule has 0 unspecified atom stereocenters. The molecule has 104 valence electrons. The van der Waals surface area contributed by atoms with Crippen LogP contribution in [0.1, 0.15) is 15.9 Å². The number of halogens is 3. The van der Waals surface area contributed by atoms with Crippen LogP contribution in [0.2, 0.25) is 5.02 Å². The molecule has 0 heterocycles. The van der Waals surface area contributed by atoms with Gasteiger partial charge in [-0.1, -0.05) is 27.5 Å². The molecule has 0 amide bonds. The van der Waals surface area contributed by atoms with Gasteiger partial charge in [0, 0.05) is 15.9 Å². The Morgan fingerprint density at radius 3 is 2.75 bits per heavy atom. The molecule has 0 fully saturated rings. The summed E-state index contributed by atoms with van der Waals surface area (Å²) < 4.78 is 19.5. The number of methoxy groups -OCH3 is 1. The van der Waals surface area contributed by atoms with E-state index >= 15 is 0 Å². The van der Waals surface area contributed by atoms with E-state index in [1.807, 2.05) is 0 Å². The van der Waals surface area contributed by atoms with Gasteiger partial charge in [-0.3, -0.25) is 4.79 Å². The van der Waals surface area contributed by atoms with Gasteiger partial charge in [-0.2, -0.15) is 0 Å². The number of Topliss-reactive ketones (excluding diaryl/α,β-unsaturated/α-hetero) is 1. The predicted octanol–water partition coefficient (Wildman–Crippen LogP) is 4.68. The first-order valence-corrected chi connectivity index (χ1v) is 6.99. The first kappa shape index (κ1) is 15.0. The lowest BCUT2D eigenvalue weighted by molar-refractivity contribution is 0.0989. The van der Waals surface area contributed by atoms with Crippen LogP contribution in [-0.4, -0.2) is 12.9 Å². The molecule has 5 heteroatoms. The van der Waals surface area contributed by atoms with Gasteiger partial charge < -0.3 is 4.74 Å². The Balaban J connectivity index is 2.32. The molecule has 0 aliphatic heterocycles. The summed E-state index contributed by atoms with van der Waals surface area (Å²) in [6.07, 6.45) is -0.0536. The summed E-state index contributed by atoms with van der Waals surface area (Å²) in [6, 6.07) is 9.28. The van der Waals surface area contributed by atoms with Gasteiger partial charge in [0.2, 0.25) is 0 Å². The van der Waals surface area contributed by atoms with Crippen LogP contribution in [0.25, 0.3) is 0 Å². The summed E-state index contributed by atoms with van der Waals surface area (Å²) in [6.45, 7) is 0. The Morgan fingerprint density at radius 2 is 2.05 bits per heavy atom. The second kappa shape index (κ2) is 6.37. The molecule has 2 aromatic rings. The van der Waals surface area contributed by atoms with E-state index in [2.05, 4.69) is 15.9 Å². The minimum atomic E-state index is -0.414. The molecule has 0 saturated carbocycles. The minimum absolute atomic E-state index is 0.0536. The molecule has 0 radical (unpaired) electrons. The molecule has 0 saturated heterocycles. The Morgan fingerprint density at radius 1 is 1.30 bits per heavy atom. The highest BCUT2D eigenvalue weighted by molar-refractivity contribution is 9.10. The number of hydrogen-bond acceptors (Lipinski definition) is 2. The van der Waals surface area contributed by atoms with Crippen LogP contribution in [0.15, 0.2) is 40.9 Å². The normalized spacial score (nSPS) is 10.4. The third-order valence-corrected chi connectivity index (χ3v) is 3.55. The average Bonchev–Trinajstić information content (AvgIpc) is 2.42. The number of hydrogen-bond donors (Lipinski definition) is 0. The van der Waals surface area contributed by atoms with Gasteiger partial charge in [0.25, 0.3) is 0 Å². The van der Waals surface area contributed by atoms with Crippen molar-refractivity contribution in [3.05, 3.63) is 62.8 Å². The predicted molar refractivity (Wildman–Crippen MR) is 80.1 cm³/mol. The summed E-state index contributed by atoms with van der Waals surface area (Å²) in [5.41, 5.74) is 0.672. The summed E-state index contributed by atoms with van der Waals surface area (Å²) >= 11 is 9.15. The van der Waals surface area contributed by atoms with Gasteiger partial charge >= 0.3 is 0 Å². The molecule has 0 N–H and O–H groups in total. The molecule has 2 rings (SSSR count). The van der Waals surface area contributed by atoms with Gasteiger partial charge in [0.15, 0.2) is 5.78 Å². The standard InChI is InChI=1S/C15H11BrClFO2/c1-20-15-5-3-11(17)8-12(15)14(19)7-9-6-10(16)2-4-13(9)18/h2-6,8H,7H2,1H3. The van der Waals surface area contributed by atoms with Crippen molar-refractivity contribution in [1.29, 1.82) is 0 Å². The van der Waals surface area contributed by atoms with E-state index < -0.39 is 5.82 Å². The van der Waals surface area contributed by atoms with Gasteiger partial charge in [0.1, 0.15) is 11.6 Å². The van der Waals surface area contributed by atoms with E-state index in [9.17, 15) is 9.18 Å². The van der Waals surface area contributed by atoms with E-state index in [4.69, 9.17) is 16.3 Å². The molecule has 0 aromatic heterocycles. The Bertz CT molecular complexity index is 658. The van der Waals surface area contributed by atoms with Crippen molar-refractivity contribution in [2.24, 2.45) is 0 Å². The Hall–Kier alpha value is -1.39. The van der Waals surface area contributed by atoms with E-state index in [1.54, 1.807) is 24.3 Å². The zero-order valence-corrected chi connectivity index (χ0v) is 13.0. The first-order chi connectivity index (χ1) is 9.51. The van der Waals surface area contributed by atoms with Crippen molar-refractivity contribution in [3.63, 3.8) is 0 Å². The number of carbonyl (C=O) groups is 1. The fourth-order valence-electron chi connectivity index (χ4n) is 1.85. The average molecular weight is 358 g/mol. The van der Waals surface area contributed by atoms with Crippen molar-refractivity contribution >= 4 is 33.3 Å². The number of benzene rings is 2. The highest BCUT2D eigenvalue weighted by Crippen LogP contribution is 2.25. The lowest BCUT2D eigenvalue weighted by Crippen LogP contribution is -2.07. The monoisotopic (exact) mass is 356 g/mol. The molecule has 0 aliphatic carbocycles. The first-order valence-electron chi connectivity index (χ1n) is 5.82. The van der Waals surface area contributed by atoms with E-state index in [1.165, 1.54) is 19.2 Å². The highest BCUT2D eigenvalue weighted by Gasteiger charge is 2.15. The second-order valence-corrected chi connectivity index (χ2v) is 5.53. The largest absolute Gasteiger partial charge is 0.496 e. The summed E-state index contributed by atoms with van der Waals surface area (Å²) in [5.74, 6) is -0.237. The number of rotatable bonds is 4. The highest BCUT2D eigenvalue weighted by atomic mass is 79.9. The quantitative estimate of drug-likeness (QED) is 0.743. The lowest BCUT2D eigenvalue weighted by atomic mass is 10.0. The van der Waals surface area contributed by atoms with Crippen LogP contribution >= 0.6 is 27.5 Å². The van der Waals surface area contributed by atoms with Gasteiger partial charge in [-0.25, -0.2) is 4.39 Å². The zero-order chi connectivity index (χ0) is 14.7. The molecule has 0 atom stereocenters. The molecule has 2 nitrogen and oxygen atoms in total. The molecule has 0 spiro atoms. The fourth-order valence-corrected chi connectivity index (χ4v) is 2.43. The fraction of sp³-hybridized carbons (Fsp3) is 0.133.